The minimum Gasteiger partial charge on any atom is -0.399 e. The predicted octanol–water partition coefficient (Wildman–Crippen LogP) is 2.38. The summed E-state index contributed by atoms with van der Waals surface area (Å²) in [6, 6.07) is 9.18. The third-order valence-corrected chi connectivity index (χ3v) is 6.39. The van der Waals surface area contributed by atoms with E-state index >= 15 is 0 Å². The van der Waals surface area contributed by atoms with Gasteiger partial charge < -0.3 is 14.0 Å². The van der Waals surface area contributed by atoms with Gasteiger partial charge in [0.2, 0.25) is 0 Å². The lowest BCUT2D eigenvalue weighted by atomic mass is 9.76. The highest BCUT2D eigenvalue weighted by Crippen LogP contribution is 2.42. The lowest BCUT2D eigenvalue weighted by Crippen LogP contribution is -2.66. The van der Waals surface area contributed by atoms with Gasteiger partial charge in [-0.1, -0.05) is 24.3 Å². The Morgan fingerprint density at radius 3 is 1.96 bits per heavy atom. The summed E-state index contributed by atoms with van der Waals surface area (Å²) in [6.45, 7) is 14.9. The van der Waals surface area contributed by atoms with E-state index in [2.05, 4.69) is 63.8 Å². The van der Waals surface area contributed by atoms with E-state index in [0.29, 0.717) is 11.5 Å². The number of benzene rings is 1. The minimum atomic E-state index is -0.291. The molecule has 0 N–H and O–H groups in total. The van der Waals surface area contributed by atoms with Crippen LogP contribution in [0.2, 0.25) is 0 Å². The highest BCUT2D eigenvalue weighted by molar-refractivity contribution is 6.62. The van der Waals surface area contributed by atoms with E-state index in [1.165, 1.54) is 5.56 Å². The van der Waals surface area contributed by atoms with Gasteiger partial charge in [-0.2, -0.15) is 0 Å². The Bertz CT molecular complexity index is 600. The van der Waals surface area contributed by atoms with Crippen molar-refractivity contribution in [1.82, 2.24) is 4.90 Å². The van der Waals surface area contributed by atoms with Gasteiger partial charge in [0.1, 0.15) is 0 Å². The van der Waals surface area contributed by atoms with E-state index in [1.54, 1.807) is 0 Å². The van der Waals surface area contributed by atoms with Crippen molar-refractivity contribution in [2.24, 2.45) is 5.41 Å². The summed E-state index contributed by atoms with van der Waals surface area (Å²) in [5.74, 6) is 0. The Labute approximate surface area is 145 Å². The summed E-state index contributed by atoms with van der Waals surface area (Å²) < 4.78 is 17.6. The summed E-state index contributed by atoms with van der Waals surface area (Å²) in [5, 5.41) is 0. The molecule has 24 heavy (non-hydrogen) atoms. The number of hydrogen-bond acceptors (Lipinski definition) is 4. The molecule has 1 spiro atoms. The SMILES string of the molecule is C[C@H](c1ccc(B2OC(C)(C)C(C)(C)O2)cc1)N1CC2(COC2)C1. The standard InChI is InChI=1S/C19H28BNO3/c1-14(21-10-19(11-21)12-22-13-19)15-6-8-16(9-7-15)20-23-17(2,3)18(4,5)24-20/h6-9,14H,10-13H2,1-5H3/t14-/m1/s1. The normalized spacial score (nSPS) is 28.5. The van der Waals surface area contributed by atoms with Crippen molar-refractivity contribution in [3.05, 3.63) is 29.8 Å². The molecule has 0 aromatic heterocycles. The van der Waals surface area contributed by atoms with Crippen LogP contribution in [0.25, 0.3) is 0 Å². The highest BCUT2D eigenvalue weighted by atomic mass is 16.7. The molecule has 1 aromatic rings. The van der Waals surface area contributed by atoms with Crippen LogP contribution in [-0.4, -0.2) is 49.5 Å². The molecule has 0 saturated carbocycles. The Balaban J connectivity index is 1.42. The molecule has 3 aliphatic rings. The Morgan fingerprint density at radius 2 is 1.50 bits per heavy atom. The zero-order valence-corrected chi connectivity index (χ0v) is 15.5. The van der Waals surface area contributed by atoms with Gasteiger partial charge in [0.05, 0.1) is 24.4 Å². The first-order valence-corrected chi connectivity index (χ1v) is 8.99. The average Bonchev–Trinajstić information content (AvgIpc) is 2.64. The molecule has 0 bridgehead atoms. The minimum absolute atomic E-state index is 0.279. The molecule has 5 heteroatoms. The Kier molecular flexibility index (Phi) is 3.67. The maximum Gasteiger partial charge on any atom is 0.494 e. The number of hydrogen-bond donors (Lipinski definition) is 0. The van der Waals surface area contributed by atoms with Gasteiger partial charge in [-0.15, -0.1) is 0 Å². The number of likely N-dealkylation sites (tertiary alicyclic amines) is 1. The monoisotopic (exact) mass is 329 g/mol. The van der Waals surface area contributed by atoms with E-state index in [-0.39, 0.29) is 18.3 Å². The molecule has 1 atom stereocenters. The van der Waals surface area contributed by atoms with E-state index < -0.39 is 0 Å². The molecule has 4 rings (SSSR count). The van der Waals surface area contributed by atoms with Crippen LogP contribution in [0.1, 0.15) is 46.2 Å². The second-order valence-electron chi connectivity index (χ2n) is 8.83. The second-order valence-corrected chi connectivity index (χ2v) is 8.83. The third-order valence-electron chi connectivity index (χ3n) is 6.39. The zero-order valence-electron chi connectivity index (χ0n) is 15.5. The van der Waals surface area contributed by atoms with Crippen LogP contribution < -0.4 is 5.46 Å². The molecule has 3 fully saturated rings. The fraction of sp³-hybridized carbons (Fsp3) is 0.684. The molecule has 3 heterocycles. The van der Waals surface area contributed by atoms with Crippen LogP contribution in [-0.2, 0) is 14.0 Å². The van der Waals surface area contributed by atoms with Crippen molar-refractivity contribution in [3.63, 3.8) is 0 Å². The first-order valence-electron chi connectivity index (χ1n) is 8.99. The van der Waals surface area contributed by atoms with Gasteiger partial charge >= 0.3 is 7.12 Å². The second kappa shape index (κ2) is 5.31. The van der Waals surface area contributed by atoms with Crippen LogP contribution >= 0.6 is 0 Å². The van der Waals surface area contributed by atoms with Crippen molar-refractivity contribution in [3.8, 4) is 0 Å². The predicted molar refractivity (Wildman–Crippen MR) is 95.4 cm³/mol. The van der Waals surface area contributed by atoms with E-state index in [4.69, 9.17) is 14.0 Å². The largest absolute Gasteiger partial charge is 0.494 e. The van der Waals surface area contributed by atoms with Gasteiger partial charge in [-0.25, -0.2) is 0 Å². The molecular formula is C19H28BNO3. The zero-order chi connectivity index (χ0) is 17.2. The maximum absolute atomic E-state index is 6.13. The average molecular weight is 329 g/mol. The highest BCUT2D eigenvalue weighted by Gasteiger charge is 2.52. The molecule has 3 aliphatic heterocycles. The van der Waals surface area contributed by atoms with Crippen LogP contribution in [0.5, 0.6) is 0 Å². The van der Waals surface area contributed by atoms with Gasteiger partial charge in [-0.3, -0.25) is 4.90 Å². The lowest BCUT2D eigenvalue weighted by Gasteiger charge is -2.57. The fourth-order valence-electron chi connectivity index (χ4n) is 3.78. The van der Waals surface area contributed by atoms with Crippen molar-refractivity contribution >= 4 is 12.6 Å². The van der Waals surface area contributed by atoms with Crippen molar-refractivity contribution in [2.45, 2.75) is 51.9 Å². The van der Waals surface area contributed by atoms with Gasteiger partial charge in [0.15, 0.2) is 0 Å². The molecule has 0 amide bonds. The van der Waals surface area contributed by atoms with Gasteiger partial charge in [-0.05, 0) is 45.6 Å². The fourth-order valence-corrected chi connectivity index (χ4v) is 3.78. The number of nitrogens with zero attached hydrogens (tertiary/aromatic N) is 1. The summed E-state index contributed by atoms with van der Waals surface area (Å²) in [4.78, 5) is 2.53. The molecule has 0 unspecified atom stereocenters. The van der Waals surface area contributed by atoms with Crippen LogP contribution in [0.4, 0.5) is 0 Å². The van der Waals surface area contributed by atoms with Crippen LogP contribution in [0.15, 0.2) is 24.3 Å². The van der Waals surface area contributed by atoms with Crippen LogP contribution in [0.3, 0.4) is 0 Å². The first kappa shape index (κ1) is 16.6. The van der Waals surface area contributed by atoms with Gasteiger partial charge in [0, 0.05) is 24.5 Å². The summed E-state index contributed by atoms with van der Waals surface area (Å²) in [5.41, 5.74) is 2.33. The van der Waals surface area contributed by atoms with Crippen molar-refractivity contribution in [2.75, 3.05) is 26.3 Å². The molecule has 1 aromatic carbocycles. The Morgan fingerprint density at radius 1 is 0.958 bits per heavy atom. The van der Waals surface area contributed by atoms with Crippen molar-refractivity contribution < 1.29 is 14.0 Å². The maximum atomic E-state index is 6.13. The van der Waals surface area contributed by atoms with E-state index in [1.807, 2.05) is 0 Å². The topological polar surface area (TPSA) is 30.9 Å². The Hall–Kier alpha value is -0.875. The quantitative estimate of drug-likeness (QED) is 0.797. The van der Waals surface area contributed by atoms with Crippen LogP contribution in [0, 0.1) is 5.41 Å². The summed E-state index contributed by atoms with van der Waals surface area (Å²) in [6.07, 6.45) is 0. The number of ether oxygens (including phenoxy) is 1. The van der Waals surface area contributed by atoms with E-state index in [0.717, 1.165) is 31.8 Å². The lowest BCUT2D eigenvalue weighted by molar-refractivity contribution is -0.197. The van der Waals surface area contributed by atoms with Crippen molar-refractivity contribution in [1.29, 1.82) is 0 Å². The smallest absolute Gasteiger partial charge is 0.399 e. The third kappa shape index (κ3) is 2.53. The molecule has 3 saturated heterocycles. The molecular weight excluding hydrogens is 301 g/mol. The molecule has 130 valence electrons. The summed E-state index contributed by atoms with van der Waals surface area (Å²) in [7, 11) is -0.279. The molecule has 4 nitrogen and oxygen atoms in total. The molecule has 0 aliphatic carbocycles. The first-order chi connectivity index (χ1) is 11.2. The summed E-state index contributed by atoms with van der Waals surface area (Å²) >= 11 is 0. The van der Waals surface area contributed by atoms with Gasteiger partial charge in [0.25, 0.3) is 0 Å². The van der Waals surface area contributed by atoms with E-state index in [9.17, 15) is 0 Å². The number of rotatable bonds is 3. The molecule has 0 radical (unpaired) electrons.